The minimum Gasteiger partial charge on any atom is -0.223 e. The van der Waals surface area contributed by atoms with Gasteiger partial charge in [0, 0.05) is 5.92 Å². The van der Waals surface area contributed by atoms with Crippen LogP contribution in [0.4, 0.5) is 4.39 Å². The molecule has 2 nitrogen and oxygen atoms in total. The SMILES string of the molecule is CC1C(c2cccc(F)c2)c2ccccc2S1(=O)=O. The molecule has 0 bridgehead atoms. The maximum Gasteiger partial charge on any atom is 0.182 e. The Hall–Kier alpha value is -1.68. The van der Waals surface area contributed by atoms with E-state index in [1.54, 1.807) is 31.2 Å². The normalized spacial score (nSPS) is 24.1. The fourth-order valence-corrected chi connectivity index (χ4v) is 4.63. The van der Waals surface area contributed by atoms with Crippen LogP contribution in [-0.2, 0) is 9.84 Å². The Morgan fingerprint density at radius 1 is 1.05 bits per heavy atom. The van der Waals surface area contributed by atoms with Gasteiger partial charge in [-0.25, -0.2) is 12.8 Å². The molecule has 4 heteroatoms. The van der Waals surface area contributed by atoms with E-state index in [2.05, 4.69) is 0 Å². The number of benzene rings is 2. The van der Waals surface area contributed by atoms with E-state index < -0.39 is 15.1 Å². The van der Waals surface area contributed by atoms with E-state index in [4.69, 9.17) is 0 Å². The molecule has 0 N–H and O–H groups in total. The first-order chi connectivity index (χ1) is 9.01. The molecule has 0 spiro atoms. The summed E-state index contributed by atoms with van der Waals surface area (Å²) in [6.07, 6.45) is 0. The summed E-state index contributed by atoms with van der Waals surface area (Å²) in [7, 11) is -3.32. The highest BCUT2D eigenvalue weighted by Crippen LogP contribution is 2.43. The third-order valence-corrected chi connectivity index (χ3v) is 5.96. The number of hydrogen-bond donors (Lipinski definition) is 0. The summed E-state index contributed by atoms with van der Waals surface area (Å²) < 4.78 is 38.1. The molecule has 0 fully saturated rings. The zero-order valence-electron chi connectivity index (χ0n) is 10.4. The minimum atomic E-state index is -3.32. The molecule has 1 aliphatic heterocycles. The van der Waals surface area contributed by atoms with Crippen LogP contribution in [0.5, 0.6) is 0 Å². The molecule has 2 aromatic rings. The highest BCUT2D eigenvalue weighted by molar-refractivity contribution is 7.92. The lowest BCUT2D eigenvalue weighted by atomic mass is 9.89. The van der Waals surface area contributed by atoms with Crippen LogP contribution >= 0.6 is 0 Å². The zero-order valence-corrected chi connectivity index (χ0v) is 11.2. The molecular formula is C15H13FO2S. The largest absolute Gasteiger partial charge is 0.223 e. The molecule has 0 saturated heterocycles. The third kappa shape index (κ3) is 1.78. The van der Waals surface area contributed by atoms with Gasteiger partial charge in [-0.15, -0.1) is 0 Å². The topological polar surface area (TPSA) is 34.1 Å². The second-order valence-electron chi connectivity index (χ2n) is 4.82. The highest BCUT2D eigenvalue weighted by Gasteiger charge is 2.42. The van der Waals surface area contributed by atoms with Crippen LogP contribution in [0.1, 0.15) is 24.0 Å². The van der Waals surface area contributed by atoms with Gasteiger partial charge in [0.1, 0.15) is 5.82 Å². The van der Waals surface area contributed by atoms with Crippen LogP contribution in [0, 0.1) is 5.82 Å². The van der Waals surface area contributed by atoms with E-state index in [0.29, 0.717) is 10.5 Å². The molecule has 3 rings (SSSR count). The summed E-state index contributed by atoms with van der Waals surface area (Å²) in [5, 5.41) is -0.563. The molecule has 1 aliphatic rings. The molecule has 1 heterocycles. The quantitative estimate of drug-likeness (QED) is 0.802. The predicted molar refractivity (Wildman–Crippen MR) is 71.3 cm³/mol. The van der Waals surface area contributed by atoms with Crippen molar-refractivity contribution in [1.82, 2.24) is 0 Å². The first-order valence-corrected chi connectivity index (χ1v) is 7.65. The molecule has 0 aromatic heterocycles. The molecule has 0 saturated carbocycles. The number of hydrogen-bond acceptors (Lipinski definition) is 2. The van der Waals surface area contributed by atoms with Crippen LogP contribution in [0.3, 0.4) is 0 Å². The van der Waals surface area contributed by atoms with Crippen molar-refractivity contribution >= 4 is 9.84 Å². The highest BCUT2D eigenvalue weighted by atomic mass is 32.2. The smallest absolute Gasteiger partial charge is 0.182 e. The molecular weight excluding hydrogens is 263 g/mol. The third-order valence-electron chi connectivity index (χ3n) is 3.73. The van der Waals surface area contributed by atoms with E-state index >= 15 is 0 Å². The van der Waals surface area contributed by atoms with E-state index in [-0.39, 0.29) is 11.7 Å². The molecule has 0 radical (unpaired) electrons. The molecule has 0 amide bonds. The van der Waals surface area contributed by atoms with Crippen molar-refractivity contribution in [1.29, 1.82) is 0 Å². The standard InChI is InChI=1S/C15H13FO2S/c1-10-15(11-5-4-6-12(16)9-11)13-7-2-3-8-14(13)19(10,17)18/h2-10,15H,1H3. The van der Waals surface area contributed by atoms with E-state index in [1.165, 1.54) is 12.1 Å². The summed E-state index contributed by atoms with van der Waals surface area (Å²) in [4.78, 5) is 0.372. The summed E-state index contributed by atoms with van der Waals surface area (Å²) in [5.41, 5.74) is 1.47. The predicted octanol–water partition coefficient (Wildman–Crippen LogP) is 3.13. The number of rotatable bonds is 1. The lowest BCUT2D eigenvalue weighted by Gasteiger charge is -2.15. The van der Waals surface area contributed by atoms with Crippen LogP contribution in [0.25, 0.3) is 0 Å². The van der Waals surface area contributed by atoms with Crippen molar-refractivity contribution < 1.29 is 12.8 Å². The van der Waals surface area contributed by atoms with Crippen LogP contribution in [0.15, 0.2) is 53.4 Å². The zero-order chi connectivity index (χ0) is 13.6. The second kappa shape index (κ2) is 4.17. The van der Waals surface area contributed by atoms with Crippen LogP contribution in [-0.4, -0.2) is 13.7 Å². The monoisotopic (exact) mass is 276 g/mol. The van der Waals surface area contributed by atoms with E-state index in [0.717, 1.165) is 5.56 Å². The minimum absolute atomic E-state index is 0.295. The average molecular weight is 276 g/mol. The van der Waals surface area contributed by atoms with Gasteiger partial charge in [-0.3, -0.25) is 0 Å². The molecule has 19 heavy (non-hydrogen) atoms. The molecule has 2 unspecified atom stereocenters. The summed E-state index contributed by atoms with van der Waals surface area (Å²) in [6.45, 7) is 1.69. The second-order valence-corrected chi connectivity index (χ2v) is 7.09. The van der Waals surface area contributed by atoms with Gasteiger partial charge in [-0.05, 0) is 36.2 Å². The summed E-state index contributed by atoms with van der Waals surface area (Å²) in [6, 6.07) is 13.2. The number of sulfone groups is 1. The van der Waals surface area contributed by atoms with Gasteiger partial charge in [0.2, 0.25) is 0 Å². The van der Waals surface area contributed by atoms with Crippen LogP contribution in [0.2, 0.25) is 0 Å². The Morgan fingerprint density at radius 2 is 1.79 bits per heavy atom. The average Bonchev–Trinajstić information content (AvgIpc) is 2.58. The fraction of sp³-hybridized carbons (Fsp3) is 0.200. The van der Waals surface area contributed by atoms with Crippen LogP contribution < -0.4 is 0 Å². The molecule has 98 valence electrons. The Morgan fingerprint density at radius 3 is 2.53 bits per heavy atom. The first-order valence-electron chi connectivity index (χ1n) is 6.10. The van der Waals surface area contributed by atoms with Gasteiger partial charge in [0.25, 0.3) is 0 Å². The Balaban J connectivity index is 2.24. The molecule has 2 aromatic carbocycles. The van der Waals surface area contributed by atoms with E-state index in [1.807, 2.05) is 12.1 Å². The van der Waals surface area contributed by atoms with Crippen molar-refractivity contribution in [2.75, 3.05) is 0 Å². The molecule has 2 atom stereocenters. The van der Waals surface area contributed by atoms with Crippen molar-refractivity contribution in [3.8, 4) is 0 Å². The van der Waals surface area contributed by atoms with Crippen molar-refractivity contribution in [2.45, 2.75) is 23.0 Å². The van der Waals surface area contributed by atoms with Gasteiger partial charge in [-0.2, -0.15) is 0 Å². The summed E-state index contributed by atoms with van der Waals surface area (Å²) in [5.74, 6) is -0.636. The van der Waals surface area contributed by atoms with Gasteiger partial charge in [0.05, 0.1) is 10.1 Å². The Kier molecular flexibility index (Phi) is 2.71. The first kappa shape index (κ1) is 12.4. The molecule has 0 aliphatic carbocycles. The van der Waals surface area contributed by atoms with Crippen molar-refractivity contribution in [3.63, 3.8) is 0 Å². The fourth-order valence-electron chi connectivity index (χ4n) is 2.78. The van der Waals surface area contributed by atoms with Gasteiger partial charge in [0.15, 0.2) is 9.84 Å². The van der Waals surface area contributed by atoms with Crippen molar-refractivity contribution in [3.05, 3.63) is 65.5 Å². The van der Waals surface area contributed by atoms with Gasteiger partial charge in [-0.1, -0.05) is 30.3 Å². The van der Waals surface area contributed by atoms with Crippen molar-refractivity contribution in [2.24, 2.45) is 0 Å². The maximum absolute atomic E-state index is 13.4. The van der Waals surface area contributed by atoms with E-state index in [9.17, 15) is 12.8 Å². The summed E-state index contributed by atoms with van der Waals surface area (Å²) >= 11 is 0. The maximum atomic E-state index is 13.4. The van der Waals surface area contributed by atoms with Gasteiger partial charge >= 0.3 is 0 Å². The Bertz CT molecular complexity index is 737. The van der Waals surface area contributed by atoms with Gasteiger partial charge < -0.3 is 0 Å². The lowest BCUT2D eigenvalue weighted by Crippen LogP contribution is -2.17. The lowest BCUT2D eigenvalue weighted by molar-refractivity contribution is 0.585. The number of fused-ring (bicyclic) bond motifs is 1. The Labute approximate surface area is 111 Å². The number of halogens is 1.